The van der Waals surface area contributed by atoms with Gasteiger partial charge in [0.15, 0.2) is 0 Å². The molecule has 9 heteroatoms. The van der Waals surface area contributed by atoms with Gasteiger partial charge in [0, 0.05) is 36.2 Å². The van der Waals surface area contributed by atoms with Crippen LogP contribution in [0.4, 0.5) is 5.69 Å². The minimum atomic E-state index is -3.66. The number of benzene rings is 2. The molecular weight excluding hydrogens is 440 g/mol. The van der Waals surface area contributed by atoms with E-state index in [1.165, 1.54) is 16.4 Å². The fraction of sp³-hybridized carbons (Fsp3) is 0.292. The van der Waals surface area contributed by atoms with Gasteiger partial charge in [0.1, 0.15) is 5.75 Å². The van der Waals surface area contributed by atoms with Crippen LogP contribution in [0.5, 0.6) is 11.8 Å². The summed E-state index contributed by atoms with van der Waals surface area (Å²) in [6, 6.07) is 13.3. The van der Waals surface area contributed by atoms with Gasteiger partial charge in [0.25, 0.3) is 5.91 Å². The van der Waals surface area contributed by atoms with Crippen LogP contribution >= 0.6 is 0 Å². The molecule has 1 amide bonds. The summed E-state index contributed by atoms with van der Waals surface area (Å²) in [5.74, 6) is 0.155. The van der Waals surface area contributed by atoms with E-state index in [1.807, 2.05) is 13.8 Å². The van der Waals surface area contributed by atoms with Crippen molar-refractivity contribution in [2.75, 3.05) is 11.9 Å². The van der Waals surface area contributed by atoms with E-state index in [0.717, 1.165) is 24.8 Å². The summed E-state index contributed by atoms with van der Waals surface area (Å²) in [4.78, 5) is 21.1. The van der Waals surface area contributed by atoms with Crippen LogP contribution < -0.4 is 10.1 Å². The average molecular weight is 467 g/mol. The van der Waals surface area contributed by atoms with Crippen molar-refractivity contribution in [2.45, 2.75) is 44.0 Å². The number of rotatable bonds is 6. The number of carbonyl (C=O) groups is 1. The van der Waals surface area contributed by atoms with Gasteiger partial charge in [-0.3, -0.25) is 4.79 Å². The Balaban J connectivity index is 1.50. The number of anilines is 1. The minimum Gasteiger partial charge on any atom is -0.424 e. The molecule has 3 aromatic rings. The van der Waals surface area contributed by atoms with E-state index in [9.17, 15) is 13.2 Å². The van der Waals surface area contributed by atoms with E-state index < -0.39 is 10.0 Å². The zero-order valence-corrected chi connectivity index (χ0v) is 19.4. The molecule has 1 unspecified atom stereocenters. The number of piperidine rings is 1. The van der Waals surface area contributed by atoms with Crippen molar-refractivity contribution in [2.24, 2.45) is 0 Å². The van der Waals surface area contributed by atoms with E-state index in [1.54, 1.807) is 48.8 Å². The van der Waals surface area contributed by atoms with Gasteiger partial charge in [-0.15, -0.1) is 0 Å². The molecule has 0 saturated carbocycles. The van der Waals surface area contributed by atoms with Gasteiger partial charge >= 0.3 is 6.01 Å². The first-order chi connectivity index (χ1) is 15.8. The second-order valence-electron chi connectivity index (χ2n) is 8.05. The highest BCUT2D eigenvalue weighted by Crippen LogP contribution is 2.27. The van der Waals surface area contributed by atoms with Crippen molar-refractivity contribution >= 4 is 21.6 Å². The molecule has 1 aromatic heterocycles. The van der Waals surface area contributed by atoms with Gasteiger partial charge < -0.3 is 10.1 Å². The second-order valence-corrected chi connectivity index (χ2v) is 9.94. The van der Waals surface area contributed by atoms with E-state index in [-0.39, 0.29) is 28.4 Å². The third kappa shape index (κ3) is 5.20. The van der Waals surface area contributed by atoms with Gasteiger partial charge in [0.05, 0.1) is 4.90 Å². The number of aromatic nitrogens is 2. The van der Waals surface area contributed by atoms with Crippen molar-refractivity contribution in [1.29, 1.82) is 0 Å². The lowest BCUT2D eigenvalue weighted by molar-refractivity contribution is 0.102. The molecule has 4 rings (SSSR count). The molecule has 172 valence electrons. The van der Waals surface area contributed by atoms with Gasteiger partial charge in [-0.05, 0) is 74.7 Å². The Hall–Kier alpha value is -3.30. The third-order valence-corrected chi connectivity index (χ3v) is 7.65. The maximum Gasteiger partial charge on any atom is 0.321 e. The van der Waals surface area contributed by atoms with Crippen LogP contribution in [-0.2, 0) is 10.0 Å². The lowest BCUT2D eigenvalue weighted by atomic mass is 10.1. The quantitative estimate of drug-likeness (QED) is 0.578. The van der Waals surface area contributed by atoms with Gasteiger partial charge in [0.2, 0.25) is 10.0 Å². The zero-order chi connectivity index (χ0) is 23.4. The summed E-state index contributed by atoms with van der Waals surface area (Å²) < 4.78 is 33.4. The maximum atomic E-state index is 13.1. The molecule has 33 heavy (non-hydrogen) atoms. The molecule has 2 aromatic carbocycles. The number of sulfonamides is 1. The number of aryl methyl sites for hydroxylation is 1. The van der Waals surface area contributed by atoms with Crippen molar-refractivity contribution in [3.05, 3.63) is 72.1 Å². The lowest BCUT2D eigenvalue weighted by Gasteiger charge is -2.32. The predicted octanol–water partition coefficient (Wildman–Crippen LogP) is 4.39. The molecule has 1 aliphatic rings. The van der Waals surface area contributed by atoms with E-state index in [0.29, 0.717) is 18.0 Å². The second kappa shape index (κ2) is 9.68. The summed E-state index contributed by atoms with van der Waals surface area (Å²) in [5, 5.41) is 2.85. The third-order valence-electron chi connectivity index (χ3n) is 5.64. The summed E-state index contributed by atoms with van der Waals surface area (Å²) in [5.41, 5.74) is 1.65. The highest BCUT2D eigenvalue weighted by Gasteiger charge is 2.31. The number of nitrogens with one attached hydrogen (secondary N) is 1. The molecule has 0 aliphatic carbocycles. The summed E-state index contributed by atoms with van der Waals surface area (Å²) in [6.45, 7) is 4.27. The first kappa shape index (κ1) is 22.9. The number of amides is 1. The van der Waals surface area contributed by atoms with E-state index in [2.05, 4.69) is 15.3 Å². The highest BCUT2D eigenvalue weighted by molar-refractivity contribution is 7.89. The molecule has 2 heterocycles. The number of hydrogen-bond acceptors (Lipinski definition) is 6. The van der Waals surface area contributed by atoms with Crippen LogP contribution in [0.3, 0.4) is 0 Å². The first-order valence-corrected chi connectivity index (χ1v) is 12.3. The van der Waals surface area contributed by atoms with Gasteiger partial charge in [-0.2, -0.15) is 4.31 Å². The van der Waals surface area contributed by atoms with Crippen molar-refractivity contribution in [3.63, 3.8) is 0 Å². The first-order valence-electron chi connectivity index (χ1n) is 10.8. The Morgan fingerprint density at radius 3 is 2.61 bits per heavy atom. The largest absolute Gasteiger partial charge is 0.424 e. The monoisotopic (exact) mass is 466 g/mol. The van der Waals surface area contributed by atoms with Crippen LogP contribution in [0.15, 0.2) is 65.8 Å². The molecule has 1 aliphatic heterocycles. The molecule has 8 nitrogen and oxygen atoms in total. The molecule has 1 atom stereocenters. The van der Waals surface area contributed by atoms with Crippen LogP contribution in [0, 0.1) is 6.92 Å². The Morgan fingerprint density at radius 1 is 1.09 bits per heavy atom. The smallest absolute Gasteiger partial charge is 0.321 e. The molecular formula is C24H26N4O4S. The Morgan fingerprint density at radius 2 is 1.88 bits per heavy atom. The number of nitrogens with zero attached hydrogens (tertiary/aromatic N) is 3. The zero-order valence-electron chi connectivity index (χ0n) is 18.6. The maximum absolute atomic E-state index is 13.1. The minimum absolute atomic E-state index is 0.0501. The van der Waals surface area contributed by atoms with Gasteiger partial charge in [-0.1, -0.05) is 12.5 Å². The SMILES string of the molecule is Cc1cc(Oc2ncccn2)ccc1NC(=O)c1cccc(S(=O)(=O)N2CCCCC2C)c1. The Bertz CT molecular complexity index is 1250. The number of ether oxygens (including phenoxy) is 1. The van der Waals surface area contributed by atoms with Crippen LogP contribution in [0.1, 0.15) is 42.1 Å². The Kier molecular flexibility index (Phi) is 6.71. The van der Waals surface area contributed by atoms with Crippen LogP contribution in [-0.4, -0.2) is 41.2 Å². The summed E-state index contributed by atoms with van der Waals surface area (Å²) in [6.07, 6.45) is 5.89. The standard InChI is InChI=1S/C24H26N4O4S/c1-17-15-20(32-24-25-12-6-13-26-24)10-11-22(17)27-23(29)19-8-5-9-21(16-19)33(30,31)28-14-4-3-7-18(28)2/h5-6,8-13,15-16,18H,3-4,7,14H2,1-2H3,(H,27,29). The molecule has 1 fully saturated rings. The highest BCUT2D eigenvalue weighted by atomic mass is 32.2. The van der Waals surface area contributed by atoms with Crippen molar-refractivity contribution in [3.8, 4) is 11.8 Å². The number of hydrogen-bond donors (Lipinski definition) is 1. The van der Waals surface area contributed by atoms with Crippen LogP contribution in [0.25, 0.3) is 0 Å². The summed E-state index contributed by atoms with van der Waals surface area (Å²) in [7, 11) is -3.66. The average Bonchev–Trinajstić information content (AvgIpc) is 2.82. The fourth-order valence-electron chi connectivity index (χ4n) is 3.84. The predicted molar refractivity (Wildman–Crippen MR) is 125 cm³/mol. The molecule has 0 radical (unpaired) electrons. The fourth-order valence-corrected chi connectivity index (χ4v) is 5.59. The molecule has 1 saturated heterocycles. The lowest BCUT2D eigenvalue weighted by Crippen LogP contribution is -2.41. The topological polar surface area (TPSA) is 101 Å². The number of carbonyl (C=O) groups excluding carboxylic acids is 1. The summed E-state index contributed by atoms with van der Waals surface area (Å²) >= 11 is 0. The normalized spacial score (nSPS) is 16.8. The van der Waals surface area contributed by atoms with Crippen LogP contribution in [0.2, 0.25) is 0 Å². The molecule has 1 N–H and O–H groups in total. The molecule has 0 spiro atoms. The molecule has 0 bridgehead atoms. The van der Waals surface area contributed by atoms with Gasteiger partial charge in [-0.25, -0.2) is 18.4 Å². The van der Waals surface area contributed by atoms with E-state index in [4.69, 9.17) is 4.74 Å². The van der Waals surface area contributed by atoms with Crippen molar-refractivity contribution in [1.82, 2.24) is 14.3 Å². The van der Waals surface area contributed by atoms with Crippen molar-refractivity contribution < 1.29 is 17.9 Å². The van der Waals surface area contributed by atoms with E-state index >= 15 is 0 Å². The Labute approximate surface area is 193 Å².